The van der Waals surface area contributed by atoms with Crippen molar-refractivity contribution in [1.29, 1.82) is 0 Å². The fourth-order valence-electron chi connectivity index (χ4n) is 2.05. The Morgan fingerprint density at radius 3 is 2.81 bits per heavy atom. The lowest BCUT2D eigenvalue weighted by atomic mass is 10.2. The number of nitrogens with zero attached hydrogens (tertiary/aromatic N) is 2. The summed E-state index contributed by atoms with van der Waals surface area (Å²) in [5.74, 6) is -0.0935. The molecule has 0 spiro atoms. The smallest absolute Gasteiger partial charge is 0.238 e. The Labute approximate surface area is 124 Å². The minimum absolute atomic E-state index is 0.0935. The lowest BCUT2D eigenvalue weighted by Crippen LogP contribution is -2.30. The molecule has 110 valence electrons. The van der Waals surface area contributed by atoms with Crippen molar-refractivity contribution >= 4 is 17.3 Å². The first-order valence-electron chi connectivity index (χ1n) is 6.79. The normalized spacial score (nSPS) is 10.6. The number of nitrogens with one attached hydrogen (secondary N) is 1. The van der Waals surface area contributed by atoms with Crippen molar-refractivity contribution in [1.82, 2.24) is 9.88 Å². The molecule has 21 heavy (non-hydrogen) atoms. The lowest BCUT2D eigenvalue weighted by Gasteiger charge is -2.16. The Morgan fingerprint density at radius 1 is 1.33 bits per heavy atom. The number of aromatic nitrogens is 1. The van der Waals surface area contributed by atoms with Crippen molar-refractivity contribution in [2.75, 3.05) is 24.6 Å². The van der Waals surface area contributed by atoms with Crippen LogP contribution in [0.5, 0.6) is 0 Å². The molecule has 0 fully saturated rings. The summed E-state index contributed by atoms with van der Waals surface area (Å²) in [6, 6.07) is 11.3. The van der Waals surface area contributed by atoms with E-state index in [1.807, 2.05) is 55.3 Å². The Morgan fingerprint density at radius 2 is 2.14 bits per heavy atom. The molecule has 1 amide bonds. The third-order valence-corrected chi connectivity index (χ3v) is 3.05. The van der Waals surface area contributed by atoms with Gasteiger partial charge in [0.25, 0.3) is 0 Å². The molecule has 0 atom stereocenters. The number of nitrogens with two attached hydrogens (primary N) is 1. The van der Waals surface area contributed by atoms with Crippen LogP contribution in [-0.2, 0) is 11.3 Å². The second-order valence-electron chi connectivity index (χ2n) is 5.13. The van der Waals surface area contributed by atoms with Gasteiger partial charge in [-0.05, 0) is 43.8 Å². The van der Waals surface area contributed by atoms with E-state index in [9.17, 15) is 4.79 Å². The number of hydrogen-bond acceptors (Lipinski definition) is 4. The standard InChI is InChI=1S/C16H20N4O/c1-12-6-7-15(14(17)9-12)19-16(21)11-20(2)10-13-5-3-4-8-18-13/h3-9H,10-11,17H2,1-2H3,(H,19,21). The van der Waals surface area contributed by atoms with Crippen molar-refractivity contribution in [3.63, 3.8) is 0 Å². The molecule has 0 saturated heterocycles. The number of pyridine rings is 1. The first kappa shape index (κ1) is 15.0. The number of carbonyl (C=O) groups is 1. The molecule has 2 aromatic rings. The van der Waals surface area contributed by atoms with E-state index in [0.29, 0.717) is 17.9 Å². The van der Waals surface area contributed by atoms with Gasteiger partial charge in [-0.3, -0.25) is 14.7 Å². The quantitative estimate of drug-likeness (QED) is 0.824. The molecule has 2 rings (SSSR count). The number of carbonyl (C=O) groups excluding carboxylic acids is 1. The van der Waals surface area contributed by atoms with E-state index in [1.54, 1.807) is 6.20 Å². The summed E-state index contributed by atoms with van der Waals surface area (Å²) in [5.41, 5.74) is 9.12. The number of amides is 1. The van der Waals surface area contributed by atoms with Gasteiger partial charge in [0.1, 0.15) is 0 Å². The second-order valence-corrected chi connectivity index (χ2v) is 5.13. The van der Waals surface area contributed by atoms with Crippen molar-refractivity contribution in [3.05, 3.63) is 53.9 Å². The zero-order valence-electron chi connectivity index (χ0n) is 12.3. The fraction of sp³-hybridized carbons (Fsp3) is 0.250. The first-order valence-corrected chi connectivity index (χ1v) is 6.79. The van der Waals surface area contributed by atoms with E-state index < -0.39 is 0 Å². The molecular formula is C16H20N4O. The van der Waals surface area contributed by atoms with Gasteiger partial charge in [-0.2, -0.15) is 0 Å². The molecule has 0 aliphatic carbocycles. The van der Waals surface area contributed by atoms with Crippen LogP contribution in [0.25, 0.3) is 0 Å². The zero-order valence-corrected chi connectivity index (χ0v) is 12.3. The van der Waals surface area contributed by atoms with E-state index in [4.69, 9.17) is 5.73 Å². The summed E-state index contributed by atoms with van der Waals surface area (Å²) in [7, 11) is 1.88. The van der Waals surface area contributed by atoms with Crippen molar-refractivity contribution in [2.24, 2.45) is 0 Å². The van der Waals surface area contributed by atoms with E-state index >= 15 is 0 Å². The highest BCUT2D eigenvalue weighted by Gasteiger charge is 2.09. The number of rotatable bonds is 5. The zero-order chi connectivity index (χ0) is 15.2. The van der Waals surface area contributed by atoms with Gasteiger partial charge in [-0.15, -0.1) is 0 Å². The maximum absolute atomic E-state index is 12.0. The van der Waals surface area contributed by atoms with Gasteiger partial charge in [0, 0.05) is 12.7 Å². The van der Waals surface area contributed by atoms with E-state index in [2.05, 4.69) is 10.3 Å². The van der Waals surface area contributed by atoms with Gasteiger partial charge in [-0.1, -0.05) is 12.1 Å². The fourth-order valence-corrected chi connectivity index (χ4v) is 2.05. The van der Waals surface area contributed by atoms with Gasteiger partial charge in [0.05, 0.1) is 23.6 Å². The van der Waals surface area contributed by atoms with Crippen LogP contribution in [0.4, 0.5) is 11.4 Å². The number of aryl methyl sites for hydroxylation is 1. The third kappa shape index (κ3) is 4.57. The minimum atomic E-state index is -0.0935. The Hall–Kier alpha value is -2.40. The van der Waals surface area contributed by atoms with Crippen molar-refractivity contribution < 1.29 is 4.79 Å². The summed E-state index contributed by atoms with van der Waals surface area (Å²) in [5, 5.41) is 2.83. The molecule has 3 N–H and O–H groups in total. The van der Waals surface area contributed by atoms with Crippen LogP contribution in [0, 0.1) is 6.92 Å². The van der Waals surface area contributed by atoms with Crippen LogP contribution >= 0.6 is 0 Å². The number of likely N-dealkylation sites (N-methyl/N-ethyl adjacent to an activating group) is 1. The maximum atomic E-state index is 12.0. The molecule has 0 unspecified atom stereocenters. The summed E-state index contributed by atoms with van der Waals surface area (Å²) in [6.07, 6.45) is 1.75. The molecule has 1 heterocycles. The highest BCUT2D eigenvalue weighted by atomic mass is 16.2. The summed E-state index contributed by atoms with van der Waals surface area (Å²) in [6.45, 7) is 2.87. The van der Waals surface area contributed by atoms with Crippen LogP contribution in [0.3, 0.4) is 0 Å². The van der Waals surface area contributed by atoms with Gasteiger partial charge in [-0.25, -0.2) is 0 Å². The molecule has 0 radical (unpaired) electrons. The summed E-state index contributed by atoms with van der Waals surface area (Å²) < 4.78 is 0. The van der Waals surface area contributed by atoms with Gasteiger partial charge >= 0.3 is 0 Å². The molecule has 0 bridgehead atoms. The maximum Gasteiger partial charge on any atom is 0.238 e. The average molecular weight is 284 g/mol. The predicted octanol–water partition coefficient (Wildman–Crippen LogP) is 2.04. The van der Waals surface area contributed by atoms with Crippen LogP contribution < -0.4 is 11.1 Å². The van der Waals surface area contributed by atoms with Crippen LogP contribution in [0.15, 0.2) is 42.6 Å². The molecule has 5 heteroatoms. The number of nitrogen functional groups attached to an aromatic ring is 1. The predicted molar refractivity (Wildman–Crippen MR) is 84.8 cm³/mol. The topological polar surface area (TPSA) is 71.2 Å². The average Bonchev–Trinajstić information content (AvgIpc) is 2.43. The summed E-state index contributed by atoms with van der Waals surface area (Å²) in [4.78, 5) is 18.2. The minimum Gasteiger partial charge on any atom is -0.397 e. The molecule has 1 aromatic heterocycles. The SMILES string of the molecule is Cc1ccc(NC(=O)CN(C)Cc2ccccn2)c(N)c1. The van der Waals surface area contributed by atoms with Crippen LogP contribution in [-0.4, -0.2) is 29.4 Å². The number of benzene rings is 1. The molecule has 0 aliphatic heterocycles. The highest BCUT2D eigenvalue weighted by Crippen LogP contribution is 2.19. The Balaban J connectivity index is 1.89. The van der Waals surface area contributed by atoms with Gasteiger partial charge in [0.2, 0.25) is 5.91 Å². The molecule has 0 saturated carbocycles. The first-order chi connectivity index (χ1) is 10.0. The van der Waals surface area contributed by atoms with E-state index in [1.165, 1.54) is 0 Å². The number of anilines is 2. The van der Waals surface area contributed by atoms with E-state index in [0.717, 1.165) is 11.3 Å². The van der Waals surface area contributed by atoms with E-state index in [-0.39, 0.29) is 12.5 Å². The van der Waals surface area contributed by atoms with Crippen molar-refractivity contribution in [3.8, 4) is 0 Å². The lowest BCUT2D eigenvalue weighted by molar-refractivity contribution is -0.117. The van der Waals surface area contributed by atoms with Crippen LogP contribution in [0.1, 0.15) is 11.3 Å². The largest absolute Gasteiger partial charge is 0.397 e. The van der Waals surface area contributed by atoms with Gasteiger partial charge < -0.3 is 11.1 Å². The van der Waals surface area contributed by atoms with Crippen molar-refractivity contribution in [2.45, 2.75) is 13.5 Å². The Kier molecular flexibility index (Phi) is 4.90. The van der Waals surface area contributed by atoms with Gasteiger partial charge in [0.15, 0.2) is 0 Å². The molecule has 1 aromatic carbocycles. The monoisotopic (exact) mass is 284 g/mol. The summed E-state index contributed by atoms with van der Waals surface area (Å²) >= 11 is 0. The number of hydrogen-bond donors (Lipinski definition) is 2. The third-order valence-electron chi connectivity index (χ3n) is 3.05. The Bertz CT molecular complexity index is 613. The molecule has 0 aliphatic rings. The second kappa shape index (κ2) is 6.85. The molecule has 5 nitrogen and oxygen atoms in total. The highest BCUT2D eigenvalue weighted by molar-refractivity contribution is 5.95. The molecular weight excluding hydrogens is 264 g/mol. The van der Waals surface area contributed by atoms with Crippen LogP contribution in [0.2, 0.25) is 0 Å².